The number of benzene rings is 1. The molecule has 3 rings (SSSR count). The molecule has 2 unspecified atom stereocenters. The number of ether oxygens (including phenoxy) is 2. The lowest BCUT2D eigenvalue weighted by Crippen LogP contribution is -2.25. The van der Waals surface area contributed by atoms with Crippen molar-refractivity contribution >= 4 is 22.7 Å². The van der Waals surface area contributed by atoms with E-state index < -0.39 is 11.2 Å². The van der Waals surface area contributed by atoms with Crippen molar-refractivity contribution in [2.24, 2.45) is 10.1 Å². The van der Waals surface area contributed by atoms with Crippen LogP contribution in [-0.4, -0.2) is 29.4 Å². The van der Waals surface area contributed by atoms with Crippen LogP contribution in [0.3, 0.4) is 0 Å². The van der Waals surface area contributed by atoms with Gasteiger partial charge in [-0.1, -0.05) is 19.9 Å². The van der Waals surface area contributed by atoms with E-state index in [0.29, 0.717) is 23.6 Å². The standard InChI is InChI=1S/C12H15N3O3S.C2H6/c13-12-11-9(14-19(16)15-12)4-1-5-10(11)18-7-8-3-2-6-17-8;1-2/h1,4-5,8,14H,2-3,6-7H2,(H2,13,15);1-2H3. The number of hydrogen-bond donors (Lipinski definition) is 2. The van der Waals surface area contributed by atoms with E-state index in [4.69, 9.17) is 15.2 Å². The average Bonchev–Trinajstić information content (AvgIpc) is 3.00. The monoisotopic (exact) mass is 311 g/mol. The number of fused-ring (bicyclic) bond motifs is 1. The molecule has 0 radical (unpaired) electrons. The van der Waals surface area contributed by atoms with Crippen molar-refractivity contribution in [1.29, 1.82) is 0 Å². The third-order valence-corrected chi connectivity index (χ3v) is 3.87. The lowest BCUT2D eigenvalue weighted by atomic mass is 10.1. The smallest absolute Gasteiger partial charge is 0.245 e. The quantitative estimate of drug-likeness (QED) is 0.893. The van der Waals surface area contributed by atoms with Crippen molar-refractivity contribution < 1.29 is 13.7 Å². The van der Waals surface area contributed by atoms with E-state index in [9.17, 15) is 4.21 Å². The van der Waals surface area contributed by atoms with Crippen molar-refractivity contribution in [2.45, 2.75) is 32.8 Å². The summed E-state index contributed by atoms with van der Waals surface area (Å²) in [5.41, 5.74) is 7.17. The van der Waals surface area contributed by atoms with Crippen molar-refractivity contribution in [2.75, 3.05) is 17.9 Å². The van der Waals surface area contributed by atoms with E-state index in [1.54, 1.807) is 6.07 Å². The highest BCUT2D eigenvalue weighted by atomic mass is 32.2. The maximum atomic E-state index is 11.4. The number of rotatable bonds is 3. The highest BCUT2D eigenvalue weighted by Gasteiger charge is 2.22. The fourth-order valence-electron chi connectivity index (χ4n) is 2.21. The molecule has 1 aromatic carbocycles. The number of amidine groups is 1. The Morgan fingerprint density at radius 2 is 2.33 bits per heavy atom. The first kappa shape index (κ1) is 15.8. The summed E-state index contributed by atoms with van der Waals surface area (Å²) in [7, 11) is 0. The first-order valence-corrected chi connectivity index (χ1v) is 8.25. The minimum absolute atomic E-state index is 0.139. The molecule has 0 spiro atoms. The van der Waals surface area contributed by atoms with Gasteiger partial charge < -0.3 is 15.2 Å². The molecule has 3 N–H and O–H groups in total. The van der Waals surface area contributed by atoms with Gasteiger partial charge in [-0.05, 0) is 25.0 Å². The lowest BCUT2D eigenvalue weighted by molar-refractivity contribution is 0.0679. The Bertz CT molecular complexity index is 542. The summed E-state index contributed by atoms with van der Waals surface area (Å²) < 4.78 is 29.2. The molecule has 2 heterocycles. The van der Waals surface area contributed by atoms with E-state index in [1.165, 1.54) is 0 Å². The fraction of sp³-hybridized carbons (Fsp3) is 0.500. The normalized spacial score (nSPS) is 23.2. The number of nitrogens with one attached hydrogen (secondary N) is 1. The summed E-state index contributed by atoms with van der Waals surface area (Å²) in [6, 6.07) is 5.45. The Balaban J connectivity index is 0.000000774. The van der Waals surface area contributed by atoms with Crippen LogP contribution in [0.4, 0.5) is 5.69 Å². The Morgan fingerprint density at radius 1 is 1.52 bits per heavy atom. The van der Waals surface area contributed by atoms with Gasteiger partial charge in [-0.3, -0.25) is 4.72 Å². The van der Waals surface area contributed by atoms with Crippen LogP contribution in [0.2, 0.25) is 0 Å². The van der Waals surface area contributed by atoms with Gasteiger partial charge in [0, 0.05) is 6.61 Å². The Hall–Kier alpha value is -1.60. The number of nitrogens with zero attached hydrogens (tertiary/aromatic N) is 1. The Kier molecular flexibility index (Phi) is 5.58. The molecule has 0 aromatic heterocycles. The molecular formula is C14H21N3O3S. The second-order valence-corrected chi connectivity index (χ2v) is 5.34. The van der Waals surface area contributed by atoms with Gasteiger partial charge >= 0.3 is 0 Å². The van der Waals surface area contributed by atoms with Gasteiger partial charge in [0.05, 0.1) is 17.4 Å². The minimum Gasteiger partial charge on any atom is -0.490 e. The van der Waals surface area contributed by atoms with Crippen LogP contribution in [0.1, 0.15) is 32.3 Å². The van der Waals surface area contributed by atoms with Gasteiger partial charge in [-0.2, -0.15) is 4.40 Å². The van der Waals surface area contributed by atoms with Gasteiger partial charge in [0.15, 0.2) is 0 Å². The first-order chi connectivity index (χ1) is 10.2. The maximum Gasteiger partial charge on any atom is 0.245 e. The third-order valence-electron chi connectivity index (χ3n) is 3.11. The zero-order valence-corrected chi connectivity index (χ0v) is 13.1. The van der Waals surface area contributed by atoms with Crippen LogP contribution in [0.25, 0.3) is 0 Å². The molecule has 0 amide bonds. The largest absolute Gasteiger partial charge is 0.490 e. The Morgan fingerprint density at radius 3 is 3.05 bits per heavy atom. The maximum absolute atomic E-state index is 11.4. The summed E-state index contributed by atoms with van der Waals surface area (Å²) in [5, 5.41) is 0. The average molecular weight is 311 g/mol. The van der Waals surface area contributed by atoms with E-state index in [2.05, 4.69) is 9.12 Å². The van der Waals surface area contributed by atoms with Crippen LogP contribution < -0.4 is 15.2 Å². The van der Waals surface area contributed by atoms with Gasteiger partial charge in [0.25, 0.3) is 0 Å². The molecule has 7 heteroatoms. The van der Waals surface area contributed by atoms with Gasteiger partial charge in [-0.15, -0.1) is 0 Å². The molecule has 0 saturated carbocycles. The van der Waals surface area contributed by atoms with Crippen LogP contribution in [0.15, 0.2) is 22.6 Å². The molecule has 6 nitrogen and oxygen atoms in total. The van der Waals surface area contributed by atoms with Gasteiger partial charge in [0.2, 0.25) is 11.2 Å². The molecular weight excluding hydrogens is 290 g/mol. The molecule has 2 aliphatic rings. The lowest BCUT2D eigenvalue weighted by Gasteiger charge is -2.19. The summed E-state index contributed by atoms with van der Waals surface area (Å²) in [5.74, 6) is 0.869. The van der Waals surface area contributed by atoms with Gasteiger partial charge in [0.1, 0.15) is 18.2 Å². The van der Waals surface area contributed by atoms with E-state index in [-0.39, 0.29) is 11.9 Å². The van der Waals surface area contributed by atoms with Crippen LogP contribution in [-0.2, 0) is 15.9 Å². The highest BCUT2D eigenvalue weighted by Crippen LogP contribution is 2.30. The third kappa shape index (κ3) is 3.74. The number of anilines is 1. The molecule has 0 aliphatic carbocycles. The summed E-state index contributed by atoms with van der Waals surface area (Å²) in [6.07, 6.45) is 2.23. The zero-order valence-electron chi connectivity index (χ0n) is 12.3. The summed E-state index contributed by atoms with van der Waals surface area (Å²) >= 11 is -1.51. The molecule has 2 atom stereocenters. The number of hydrogen-bond acceptors (Lipinski definition) is 4. The van der Waals surface area contributed by atoms with E-state index >= 15 is 0 Å². The second-order valence-electron chi connectivity index (χ2n) is 4.45. The van der Waals surface area contributed by atoms with Crippen molar-refractivity contribution in [3.8, 4) is 5.75 Å². The molecule has 21 heavy (non-hydrogen) atoms. The van der Waals surface area contributed by atoms with E-state index in [1.807, 2.05) is 26.0 Å². The molecule has 0 bridgehead atoms. The second kappa shape index (κ2) is 7.42. The Labute approximate surface area is 127 Å². The molecule has 2 aliphatic heterocycles. The van der Waals surface area contributed by atoms with Crippen molar-refractivity contribution in [1.82, 2.24) is 0 Å². The topological polar surface area (TPSA) is 85.9 Å². The predicted molar refractivity (Wildman–Crippen MR) is 84.7 cm³/mol. The summed E-state index contributed by atoms with van der Waals surface area (Å²) in [4.78, 5) is 0. The van der Waals surface area contributed by atoms with E-state index in [0.717, 1.165) is 19.4 Å². The number of nitrogens with two attached hydrogens (primary N) is 1. The van der Waals surface area contributed by atoms with Gasteiger partial charge in [-0.25, -0.2) is 4.21 Å². The molecule has 1 fully saturated rings. The van der Waals surface area contributed by atoms with Crippen LogP contribution in [0.5, 0.6) is 5.75 Å². The summed E-state index contributed by atoms with van der Waals surface area (Å²) in [6.45, 7) is 5.29. The first-order valence-electron chi connectivity index (χ1n) is 7.14. The van der Waals surface area contributed by atoms with Crippen LogP contribution >= 0.6 is 0 Å². The van der Waals surface area contributed by atoms with Crippen molar-refractivity contribution in [3.63, 3.8) is 0 Å². The molecule has 1 aromatic rings. The minimum atomic E-state index is -1.51. The zero-order chi connectivity index (χ0) is 15.2. The van der Waals surface area contributed by atoms with Crippen molar-refractivity contribution in [3.05, 3.63) is 23.8 Å². The predicted octanol–water partition coefficient (Wildman–Crippen LogP) is 1.98. The highest BCUT2D eigenvalue weighted by molar-refractivity contribution is 7.85. The SMILES string of the molecule is CC.NC1=NS(=O)Nc2cccc(OCC3CCCO3)c21. The molecule has 1 saturated heterocycles. The molecule has 116 valence electrons. The fourth-order valence-corrected chi connectivity index (χ4v) is 2.88. The van der Waals surface area contributed by atoms with Crippen LogP contribution in [0, 0.1) is 0 Å².